The molecule has 0 radical (unpaired) electrons. The first kappa shape index (κ1) is 17.2. The van der Waals surface area contributed by atoms with Crippen molar-refractivity contribution in [3.8, 4) is 0 Å². The van der Waals surface area contributed by atoms with Crippen molar-refractivity contribution in [2.45, 2.75) is 58.8 Å². The Morgan fingerprint density at radius 1 is 0.905 bits per heavy atom. The van der Waals surface area contributed by atoms with Gasteiger partial charge < -0.3 is 10.4 Å². The summed E-state index contributed by atoms with van der Waals surface area (Å²) in [6, 6.07) is 7.63. The van der Waals surface area contributed by atoms with Gasteiger partial charge in [-0.05, 0) is 19.8 Å². The molecule has 4 heteroatoms. The van der Waals surface area contributed by atoms with Crippen LogP contribution in [0.1, 0.15) is 63.0 Å². The molecule has 2 N–H and O–H groups in total. The van der Waals surface area contributed by atoms with Gasteiger partial charge in [-0.3, -0.25) is 0 Å². The zero-order chi connectivity index (χ0) is 15.5. The Bertz CT molecular complexity index is 464. The number of oxime groups is 2. The molecule has 0 aromatic heterocycles. The molecule has 0 aliphatic rings. The second-order valence-corrected chi connectivity index (χ2v) is 5.38. The smallest absolute Gasteiger partial charge is 0.134 e. The lowest BCUT2D eigenvalue weighted by Crippen LogP contribution is -2.16. The van der Waals surface area contributed by atoms with Gasteiger partial charge in [0.15, 0.2) is 0 Å². The third kappa shape index (κ3) is 5.98. The Morgan fingerprint density at radius 3 is 2.10 bits per heavy atom. The number of benzene rings is 1. The number of unbranched alkanes of at least 4 members (excludes halogenated alkanes) is 5. The highest BCUT2D eigenvalue weighted by atomic mass is 16.4. The number of nitrogens with zero attached hydrogens (tertiary/aromatic N) is 2. The first-order chi connectivity index (χ1) is 10.2. The lowest BCUT2D eigenvalue weighted by molar-refractivity contribution is 0.313. The van der Waals surface area contributed by atoms with Crippen molar-refractivity contribution in [2.75, 3.05) is 0 Å². The third-order valence-electron chi connectivity index (χ3n) is 3.59. The molecule has 0 amide bonds. The highest BCUT2D eigenvalue weighted by molar-refractivity contribution is 6.48. The number of hydrogen-bond acceptors (Lipinski definition) is 4. The van der Waals surface area contributed by atoms with E-state index < -0.39 is 0 Å². The summed E-state index contributed by atoms with van der Waals surface area (Å²) in [7, 11) is 0. The second-order valence-electron chi connectivity index (χ2n) is 5.38. The summed E-state index contributed by atoms with van der Waals surface area (Å²) in [6.45, 7) is 4.19. The van der Waals surface area contributed by atoms with Crippen molar-refractivity contribution in [1.82, 2.24) is 0 Å². The molecular weight excluding hydrogens is 264 g/mol. The maximum atomic E-state index is 9.22. The Balaban J connectivity index is 2.55. The van der Waals surface area contributed by atoms with Crippen molar-refractivity contribution in [3.63, 3.8) is 0 Å². The summed E-state index contributed by atoms with van der Waals surface area (Å²) >= 11 is 0. The van der Waals surface area contributed by atoms with E-state index in [0.29, 0.717) is 17.8 Å². The summed E-state index contributed by atoms with van der Waals surface area (Å²) in [6.07, 6.45) is 7.62. The van der Waals surface area contributed by atoms with Gasteiger partial charge in [0, 0.05) is 5.56 Å². The average molecular weight is 290 g/mol. The number of aryl methyl sites for hydroxylation is 1. The molecular formula is C17H26N2O2. The van der Waals surface area contributed by atoms with Crippen LogP contribution in [0.15, 0.2) is 34.6 Å². The van der Waals surface area contributed by atoms with Crippen LogP contribution in [0.3, 0.4) is 0 Å². The molecule has 0 saturated heterocycles. The van der Waals surface area contributed by atoms with Gasteiger partial charge in [0.25, 0.3) is 0 Å². The van der Waals surface area contributed by atoms with E-state index in [4.69, 9.17) is 0 Å². The summed E-state index contributed by atoms with van der Waals surface area (Å²) in [4.78, 5) is 0. The average Bonchev–Trinajstić information content (AvgIpc) is 2.51. The maximum Gasteiger partial charge on any atom is 0.134 e. The molecule has 0 bridgehead atoms. The van der Waals surface area contributed by atoms with Crippen molar-refractivity contribution < 1.29 is 10.4 Å². The lowest BCUT2D eigenvalue weighted by atomic mass is 10.00. The highest BCUT2D eigenvalue weighted by Crippen LogP contribution is 2.12. The van der Waals surface area contributed by atoms with Gasteiger partial charge in [0.1, 0.15) is 11.4 Å². The van der Waals surface area contributed by atoms with Crippen LogP contribution in [0.5, 0.6) is 0 Å². The lowest BCUT2D eigenvalue weighted by Gasteiger charge is -2.07. The molecule has 0 spiro atoms. The van der Waals surface area contributed by atoms with Crippen molar-refractivity contribution in [1.29, 1.82) is 0 Å². The van der Waals surface area contributed by atoms with Gasteiger partial charge in [-0.25, -0.2) is 0 Å². The minimum Gasteiger partial charge on any atom is -0.411 e. The second kappa shape index (κ2) is 9.97. The zero-order valence-electron chi connectivity index (χ0n) is 13.0. The Hall–Kier alpha value is -1.84. The summed E-state index contributed by atoms with van der Waals surface area (Å²) < 4.78 is 0. The Morgan fingerprint density at radius 2 is 1.52 bits per heavy atom. The molecule has 21 heavy (non-hydrogen) atoms. The molecule has 0 aliphatic carbocycles. The normalized spacial score (nSPS) is 12.7. The first-order valence-corrected chi connectivity index (χ1v) is 7.73. The molecule has 0 unspecified atom stereocenters. The molecule has 0 fully saturated rings. The molecule has 1 rings (SSSR count). The van der Waals surface area contributed by atoms with Gasteiger partial charge in [0.2, 0.25) is 0 Å². The quantitative estimate of drug-likeness (QED) is 0.298. The molecule has 0 heterocycles. The van der Waals surface area contributed by atoms with E-state index in [1.54, 1.807) is 0 Å². The molecule has 1 aromatic rings. The molecule has 116 valence electrons. The SMILES string of the molecule is CCCCCCCCC(=N\O)/C(=N\O)c1ccc(C)cc1. The molecule has 0 atom stereocenters. The fraction of sp³-hybridized carbons (Fsp3) is 0.529. The van der Waals surface area contributed by atoms with Crippen molar-refractivity contribution in [3.05, 3.63) is 35.4 Å². The zero-order valence-corrected chi connectivity index (χ0v) is 13.0. The van der Waals surface area contributed by atoms with E-state index in [1.165, 1.54) is 25.7 Å². The van der Waals surface area contributed by atoms with E-state index in [9.17, 15) is 10.4 Å². The van der Waals surface area contributed by atoms with Gasteiger partial charge in [-0.1, -0.05) is 79.2 Å². The third-order valence-corrected chi connectivity index (χ3v) is 3.59. The number of hydrogen-bond donors (Lipinski definition) is 2. The maximum absolute atomic E-state index is 9.22. The van der Waals surface area contributed by atoms with Crippen LogP contribution >= 0.6 is 0 Å². The van der Waals surface area contributed by atoms with Crippen LogP contribution in [0.2, 0.25) is 0 Å². The minimum absolute atomic E-state index is 0.353. The number of rotatable bonds is 9. The van der Waals surface area contributed by atoms with Crippen LogP contribution < -0.4 is 0 Å². The van der Waals surface area contributed by atoms with Crippen LogP contribution in [0.4, 0.5) is 0 Å². The molecule has 4 nitrogen and oxygen atoms in total. The molecule has 1 aromatic carbocycles. The monoisotopic (exact) mass is 290 g/mol. The van der Waals surface area contributed by atoms with Gasteiger partial charge in [-0.15, -0.1) is 0 Å². The fourth-order valence-electron chi connectivity index (χ4n) is 2.28. The van der Waals surface area contributed by atoms with Gasteiger partial charge in [0.05, 0.1) is 0 Å². The molecule has 0 saturated carbocycles. The summed E-state index contributed by atoms with van der Waals surface area (Å²) in [5.41, 5.74) is 2.69. The fourth-order valence-corrected chi connectivity index (χ4v) is 2.28. The van der Waals surface area contributed by atoms with Gasteiger partial charge in [-0.2, -0.15) is 0 Å². The Labute approximate surface area is 127 Å². The molecule has 0 aliphatic heterocycles. The Kier molecular flexibility index (Phi) is 8.17. The predicted octanol–water partition coefficient (Wildman–Crippen LogP) is 4.75. The minimum atomic E-state index is 0.353. The summed E-state index contributed by atoms with van der Waals surface area (Å²) in [5, 5.41) is 25.0. The van der Waals surface area contributed by atoms with E-state index >= 15 is 0 Å². The summed E-state index contributed by atoms with van der Waals surface area (Å²) in [5.74, 6) is 0. The van der Waals surface area contributed by atoms with Crippen LogP contribution in [-0.2, 0) is 0 Å². The highest BCUT2D eigenvalue weighted by Gasteiger charge is 2.13. The van der Waals surface area contributed by atoms with E-state index in [0.717, 1.165) is 24.0 Å². The van der Waals surface area contributed by atoms with Crippen LogP contribution in [0, 0.1) is 6.92 Å². The van der Waals surface area contributed by atoms with Gasteiger partial charge >= 0.3 is 0 Å². The van der Waals surface area contributed by atoms with Crippen molar-refractivity contribution in [2.24, 2.45) is 10.3 Å². The van der Waals surface area contributed by atoms with E-state index in [2.05, 4.69) is 17.2 Å². The van der Waals surface area contributed by atoms with Crippen LogP contribution in [0.25, 0.3) is 0 Å². The first-order valence-electron chi connectivity index (χ1n) is 7.73. The van der Waals surface area contributed by atoms with E-state index in [1.807, 2.05) is 31.2 Å². The van der Waals surface area contributed by atoms with E-state index in [-0.39, 0.29) is 0 Å². The van der Waals surface area contributed by atoms with Crippen molar-refractivity contribution >= 4 is 11.4 Å². The standard InChI is InChI=1S/C17H26N2O2/c1-3-4-5-6-7-8-9-16(18-20)17(19-21)15-12-10-14(2)11-13-15/h10-13,20-21H,3-9H2,1-2H3/b18-16+,19-17-. The topological polar surface area (TPSA) is 65.2 Å². The van der Waals surface area contributed by atoms with Crippen LogP contribution in [-0.4, -0.2) is 21.8 Å². The predicted molar refractivity (Wildman–Crippen MR) is 86.7 cm³/mol. The largest absolute Gasteiger partial charge is 0.411 e.